The van der Waals surface area contributed by atoms with Gasteiger partial charge in [-0.1, -0.05) is 47.8 Å². The van der Waals surface area contributed by atoms with Gasteiger partial charge in [0.25, 0.3) is 6.47 Å². The van der Waals surface area contributed by atoms with Crippen molar-refractivity contribution in [2.45, 2.75) is 15.0 Å². The number of hydrogen-bond acceptors (Lipinski definition) is 2. The van der Waals surface area contributed by atoms with Crippen molar-refractivity contribution < 1.29 is 9.53 Å². The highest BCUT2D eigenvalue weighted by Gasteiger charge is 2.16. The maximum atomic E-state index is 9.67. The van der Waals surface area contributed by atoms with E-state index in [-0.39, 0.29) is 2.14 Å². The summed E-state index contributed by atoms with van der Waals surface area (Å²) in [5.41, 5.74) is 0. The summed E-state index contributed by atoms with van der Waals surface area (Å²) in [5.74, 6) is 0. The van der Waals surface area contributed by atoms with E-state index < -0.39 is 0 Å². The molecule has 5 heteroatoms. The van der Waals surface area contributed by atoms with Gasteiger partial charge in [-0.05, 0) is 12.8 Å². The minimum Gasteiger partial charge on any atom is -0.468 e. The normalized spacial score (nSPS) is 11.1. The summed E-state index contributed by atoms with van der Waals surface area (Å²) in [6.07, 6.45) is 1.67. The van der Waals surface area contributed by atoms with Crippen molar-refractivity contribution in [3.63, 3.8) is 0 Å². The molecule has 0 radical (unpaired) electrons. The Balaban J connectivity index is 3.12. The summed E-state index contributed by atoms with van der Waals surface area (Å²) in [5, 5.41) is 0. The van der Waals surface area contributed by atoms with E-state index in [0.29, 0.717) is 13.1 Å². The number of carbonyl (C=O) groups excluding carboxylic acids is 1. The molecule has 0 aromatic rings. The Hall–Kier alpha value is 0.910. The summed E-state index contributed by atoms with van der Waals surface area (Å²) < 4.78 is 4.28. The third kappa shape index (κ3) is 8.91. The van der Waals surface area contributed by atoms with Crippen molar-refractivity contribution in [2.24, 2.45) is 0 Å². The van der Waals surface area contributed by atoms with Gasteiger partial charge in [0.15, 0.2) is 0 Å². The Morgan fingerprint density at radius 2 is 2.00 bits per heavy atom. The lowest BCUT2D eigenvalue weighted by molar-refractivity contribution is -0.128. The van der Waals surface area contributed by atoms with Gasteiger partial charge in [0.1, 0.15) is 2.14 Å². The molecule has 0 bridgehead atoms. The fraction of sp³-hybridized carbons (Fsp3) is 0.800. The first-order chi connectivity index (χ1) is 4.56. The van der Waals surface area contributed by atoms with Crippen LogP contribution in [-0.4, -0.2) is 15.2 Å². The number of carbonyl (C=O) groups is 1. The molecule has 2 nitrogen and oxygen atoms in total. The van der Waals surface area contributed by atoms with E-state index in [4.69, 9.17) is 0 Å². The highest BCUT2D eigenvalue weighted by Crippen LogP contribution is 2.37. The summed E-state index contributed by atoms with van der Waals surface area (Å²) in [6, 6.07) is 0. The summed E-state index contributed by atoms with van der Waals surface area (Å²) in [6.45, 7) is 0.923. The summed E-state index contributed by atoms with van der Waals surface area (Å²) in [7, 11) is 0. The van der Waals surface area contributed by atoms with E-state index in [0.717, 1.165) is 12.8 Å². The molecule has 0 rings (SSSR count). The average molecular weight is 339 g/mol. The lowest BCUT2D eigenvalue weighted by Gasteiger charge is -2.09. The van der Waals surface area contributed by atoms with Crippen molar-refractivity contribution in [3.8, 4) is 0 Å². The first kappa shape index (κ1) is 10.9. The van der Waals surface area contributed by atoms with Gasteiger partial charge in [0, 0.05) is 0 Å². The van der Waals surface area contributed by atoms with Gasteiger partial charge in [0.2, 0.25) is 0 Å². The van der Waals surface area contributed by atoms with E-state index in [9.17, 15) is 4.79 Å². The second-order valence-corrected chi connectivity index (χ2v) is 8.94. The van der Waals surface area contributed by atoms with E-state index in [1.807, 2.05) is 0 Å². The third-order valence-electron chi connectivity index (χ3n) is 0.790. The van der Waals surface area contributed by atoms with Crippen molar-refractivity contribution in [1.29, 1.82) is 0 Å². The first-order valence-corrected chi connectivity index (χ1v) is 5.06. The van der Waals surface area contributed by atoms with Crippen molar-refractivity contribution in [3.05, 3.63) is 0 Å². The van der Waals surface area contributed by atoms with Crippen LogP contribution in [-0.2, 0) is 9.53 Å². The molecule has 0 aromatic carbocycles. The highest BCUT2D eigenvalue weighted by atomic mass is 80.0. The van der Waals surface area contributed by atoms with Crippen LogP contribution in [0, 0.1) is 0 Å². The molecule has 0 aliphatic carbocycles. The van der Waals surface area contributed by atoms with E-state index in [2.05, 4.69) is 52.5 Å². The van der Waals surface area contributed by atoms with Crippen molar-refractivity contribution in [2.75, 3.05) is 6.61 Å². The molecule has 0 N–H and O–H groups in total. The smallest absolute Gasteiger partial charge is 0.293 e. The largest absolute Gasteiger partial charge is 0.468 e. The predicted molar refractivity (Wildman–Crippen MR) is 50.8 cm³/mol. The van der Waals surface area contributed by atoms with Crippen LogP contribution in [0.1, 0.15) is 12.8 Å². The molecule has 60 valence electrons. The zero-order valence-corrected chi connectivity index (χ0v) is 9.91. The maximum absolute atomic E-state index is 9.67. The second kappa shape index (κ2) is 5.55. The first-order valence-electron chi connectivity index (χ1n) is 2.68. The van der Waals surface area contributed by atoms with Gasteiger partial charge in [-0.15, -0.1) is 0 Å². The molecule has 0 aromatic heterocycles. The molecular formula is C5H7Br3O2. The van der Waals surface area contributed by atoms with Gasteiger partial charge < -0.3 is 4.74 Å². The maximum Gasteiger partial charge on any atom is 0.293 e. The van der Waals surface area contributed by atoms with Crippen LogP contribution in [0.2, 0.25) is 0 Å². The third-order valence-corrected chi connectivity index (χ3v) is 1.98. The van der Waals surface area contributed by atoms with Gasteiger partial charge >= 0.3 is 0 Å². The monoisotopic (exact) mass is 336 g/mol. The van der Waals surface area contributed by atoms with Crippen molar-refractivity contribution in [1.82, 2.24) is 0 Å². The van der Waals surface area contributed by atoms with Crippen LogP contribution in [0.3, 0.4) is 0 Å². The number of alkyl halides is 3. The molecule has 0 aliphatic heterocycles. The SMILES string of the molecule is O=COCCCC(Br)(Br)Br. The number of halogens is 3. The summed E-state index contributed by atoms with van der Waals surface area (Å²) in [4.78, 5) is 9.67. The van der Waals surface area contributed by atoms with Gasteiger partial charge in [-0.3, -0.25) is 4.79 Å². The molecule has 0 saturated heterocycles. The van der Waals surface area contributed by atoms with E-state index >= 15 is 0 Å². The molecule has 0 saturated carbocycles. The minimum absolute atomic E-state index is 0.209. The van der Waals surface area contributed by atoms with E-state index in [1.165, 1.54) is 0 Å². The highest BCUT2D eigenvalue weighted by molar-refractivity contribution is 9.39. The molecular weight excluding hydrogens is 332 g/mol. The van der Waals surface area contributed by atoms with Crippen molar-refractivity contribution >= 4 is 54.3 Å². The minimum atomic E-state index is -0.209. The Bertz CT molecular complexity index is 99.6. The van der Waals surface area contributed by atoms with Crippen LogP contribution in [0.15, 0.2) is 0 Å². The molecule has 10 heavy (non-hydrogen) atoms. The van der Waals surface area contributed by atoms with E-state index in [1.54, 1.807) is 0 Å². The second-order valence-electron chi connectivity index (χ2n) is 1.69. The topological polar surface area (TPSA) is 26.3 Å². The lowest BCUT2D eigenvalue weighted by Crippen LogP contribution is -2.01. The number of hydrogen-bond donors (Lipinski definition) is 0. The number of ether oxygens (including phenoxy) is 1. The molecule has 0 spiro atoms. The zero-order valence-electron chi connectivity index (χ0n) is 5.15. The van der Waals surface area contributed by atoms with Gasteiger partial charge in [-0.25, -0.2) is 0 Å². The Kier molecular flexibility index (Phi) is 6.05. The summed E-state index contributed by atoms with van der Waals surface area (Å²) >= 11 is 9.96. The Labute approximate surface area is 85.1 Å². The average Bonchev–Trinajstić information content (AvgIpc) is 1.78. The zero-order chi connectivity index (χ0) is 8.04. The quantitative estimate of drug-likeness (QED) is 0.447. The molecule has 0 fully saturated rings. The molecule has 0 amide bonds. The van der Waals surface area contributed by atoms with Gasteiger partial charge in [0.05, 0.1) is 6.61 Å². The van der Waals surface area contributed by atoms with Crippen LogP contribution in [0.5, 0.6) is 0 Å². The standard InChI is InChI=1S/C5H7Br3O2/c6-5(7,8)2-1-3-10-4-9/h4H,1-3H2. The molecule has 0 heterocycles. The van der Waals surface area contributed by atoms with Crippen LogP contribution in [0.25, 0.3) is 0 Å². The lowest BCUT2D eigenvalue weighted by atomic mass is 10.4. The Morgan fingerprint density at radius 3 is 2.40 bits per heavy atom. The van der Waals surface area contributed by atoms with Crippen LogP contribution >= 0.6 is 47.8 Å². The molecule has 0 aliphatic rings. The fourth-order valence-electron chi connectivity index (χ4n) is 0.404. The molecule has 0 unspecified atom stereocenters. The Morgan fingerprint density at radius 1 is 1.40 bits per heavy atom. The predicted octanol–water partition coefficient (Wildman–Crippen LogP) is 2.78. The fourth-order valence-corrected chi connectivity index (χ4v) is 1.25. The molecule has 0 atom stereocenters. The van der Waals surface area contributed by atoms with Gasteiger partial charge in [-0.2, -0.15) is 0 Å². The number of rotatable bonds is 4. The van der Waals surface area contributed by atoms with Crippen LogP contribution < -0.4 is 0 Å². The van der Waals surface area contributed by atoms with Crippen LogP contribution in [0.4, 0.5) is 0 Å².